The van der Waals surface area contributed by atoms with Gasteiger partial charge in [0.25, 0.3) is 11.8 Å². The summed E-state index contributed by atoms with van der Waals surface area (Å²) in [7, 11) is 0. The molecule has 1 aliphatic heterocycles. The lowest BCUT2D eigenvalue weighted by atomic mass is 10.1. The van der Waals surface area contributed by atoms with Crippen molar-refractivity contribution in [3.63, 3.8) is 0 Å². The molecule has 5 nitrogen and oxygen atoms in total. The van der Waals surface area contributed by atoms with Gasteiger partial charge in [0.15, 0.2) is 4.32 Å². The first-order valence-corrected chi connectivity index (χ1v) is 12.5. The Labute approximate surface area is 212 Å². The number of nitrogens with one attached hydrogen (secondary N) is 1. The number of carbonyl (C=O) groups excluding carboxylic acids is 2. The van der Waals surface area contributed by atoms with Gasteiger partial charge in [0.05, 0.1) is 9.78 Å². The van der Waals surface area contributed by atoms with Gasteiger partial charge in [-0.2, -0.15) is 5.01 Å². The van der Waals surface area contributed by atoms with Crippen LogP contribution in [0.3, 0.4) is 0 Å². The third-order valence-electron chi connectivity index (χ3n) is 5.21. The molecule has 0 aliphatic carbocycles. The normalized spacial score (nSPS) is 15.0. The van der Waals surface area contributed by atoms with Crippen LogP contribution in [0.15, 0.2) is 71.1 Å². The SMILES string of the molecule is O=C(NN1C(=O)/C(=C/c2cn(Cc3ccc(F)cc3Cl)c3ccccc23)SC1=S)c1cccs1. The smallest absolute Gasteiger partial charge is 0.285 e. The number of amides is 2. The lowest BCUT2D eigenvalue weighted by molar-refractivity contribution is -0.123. The molecule has 2 aromatic carbocycles. The molecule has 0 unspecified atom stereocenters. The number of thioether (sulfide) groups is 1. The molecule has 0 radical (unpaired) electrons. The maximum absolute atomic E-state index is 13.5. The molecule has 1 fully saturated rings. The average molecular weight is 528 g/mol. The molecule has 2 amide bonds. The lowest BCUT2D eigenvalue weighted by Crippen LogP contribution is -2.44. The summed E-state index contributed by atoms with van der Waals surface area (Å²) < 4.78 is 15.7. The van der Waals surface area contributed by atoms with E-state index in [4.69, 9.17) is 23.8 Å². The van der Waals surface area contributed by atoms with Crippen LogP contribution < -0.4 is 5.43 Å². The highest BCUT2D eigenvalue weighted by Crippen LogP contribution is 2.34. The summed E-state index contributed by atoms with van der Waals surface area (Å²) in [5, 5.41) is 4.18. The van der Waals surface area contributed by atoms with E-state index in [1.807, 2.05) is 35.0 Å². The topological polar surface area (TPSA) is 54.3 Å². The molecule has 5 rings (SSSR count). The summed E-state index contributed by atoms with van der Waals surface area (Å²) in [4.78, 5) is 26.3. The summed E-state index contributed by atoms with van der Waals surface area (Å²) in [6, 6.07) is 15.5. The van der Waals surface area contributed by atoms with Crippen molar-refractivity contribution < 1.29 is 14.0 Å². The molecule has 34 heavy (non-hydrogen) atoms. The van der Waals surface area contributed by atoms with Crippen molar-refractivity contribution in [2.45, 2.75) is 6.54 Å². The van der Waals surface area contributed by atoms with Gasteiger partial charge in [-0.15, -0.1) is 11.3 Å². The number of halogens is 2. The number of hydrogen-bond acceptors (Lipinski definition) is 5. The van der Waals surface area contributed by atoms with E-state index < -0.39 is 5.91 Å². The van der Waals surface area contributed by atoms with Crippen molar-refractivity contribution >= 4 is 80.0 Å². The molecule has 170 valence electrons. The summed E-state index contributed by atoms with van der Waals surface area (Å²) in [6.45, 7) is 0.436. The molecule has 3 heterocycles. The number of benzene rings is 2. The number of para-hydroxylation sites is 1. The van der Waals surface area contributed by atoms with Crippen LogP contribution in [-0.2, 0) is 11.3 Å². The third kappa shape index (κ3) is 4.39. The van der Waals surface area contributed by atoms with E-state index in [-0.39, 0.29) is 16.0 Å². The van der Waals surface area contributed by atoms with Gasteiger partial charge in [-0.25, -0.2) is 4.39 Å². The number of hydrogen-bond donors (Lipinski definition) is 1. The fourth-order valence-electron chi connectivity index (χ4n) is 3.62. The van der Waals surface area contributed by atoms with Crippen LogP contribution in [0.1, 0.15) is 20.8 Å². The van der Waals surface area contributed by atoms with Crippen LogP contribution in [-0.4, -0.2) is 25.7 Å². The molecule has 0 spiro atoms. The van der Waals surface area contributed by atoms with E-state index in [1.165, 1.54) is 23.5 Å². The van der Waals surface area contributed by atoms with E-state index in [1.54, 1.807) is 29.7 Å². The Bertz CT molecular complexity index is 1480. The standard InChI is InChI=1S/C24H15ClFN3O2S3/c25-18-11-16(26)8-7-14(18)12-28-13-15(17-4-1-2-5-19(17)28)10-21-23(31)29(24(32)34-21)27-22(30)20-6-3-9-33-20/h1-11,13H,12H2,(H,27,30)/b21-10-. The van der Waals surface area contributed by atoms with Crippen molar-refractivity contribution in [2.24, 2.45) is 0 Å². The van der Waals surface area contributed by atoms with Crippen LogP contribution in [0.4, 0.5) is 4.39 Å². The highest BCUT2D eigenvalue weighted by atomic mass is 35.5. The van der Waals surface area contributed by atoms with Crippen LogP contribution in [0.5, 0.6) is 0 Å². The predicted molar refractivity (Wildman–Crippen MR) is 139 cm³/mol. The Morgan fingerprint density at radius 2 is 2.00 bits per heavy atom. The van der Waals surface area contributed by atoms with Gasteiger partial charge in [0, 0.05) is 34.2 Å². The number of fused-ring (bicyclic) bond motifs is 1. The van der Waals surface area contributed by atoms with Gasteiger partial charge < -0.3 is 4.57 Å². The Kier molecular flexibility index (Phi) is 6.26. The summed E-state index contributed by atoms with van der Waals surface area (Å²) >= 11 is 14.0. The van der Waals surface area contributed by atoms with Gasteiger partial charge in [-0.3, -0.25) is 15.0 Å². The zero-order chi connectivity index (χ0) is 23.8. The van der Waals surface area contributed by atoms with Crippen LogP contribution in [0, 0.1) is 5.82 Å². The Hall–Kier alpha value is -2.98. The van der Waals surface area contributed by atoms with Crippen LogP contribution in [0.2, 0.25) is 5.02 Å². The second-order valence-corrected chi connectivity index (χ2v) is 10.4. The first kappa shape index (κ1) is 22.8. The molecule has 0 bridgehead atoms. The highest BCUT2D eigenvalue weighted by molar-refractivity contribution is 8.26. The van der Waals surface area contributed by atoms with Gasteiger partial charge in [-0.1, -0.05) is 53.7 Å². The zero-order valence-corrected chi connectivity index (χ0v) is 20.5. The second-order valence-electron chi connectivity index (χ2n) is 7.40. The summed E-state index contributed by atoms with van der Waals surface area (Å²) in [5.41, 5.74) is 5.12. The molecule has 1 aliphatic rings. The van der Waals surface area contributed by atoms with Gasteiger partial charge >= 0.3 is 0 Å². The minimum absolute atomic E-state index is 0.253. The molecule has 10 heteroatoms. The number of aromatic nitrogens is 1. The maximum atomic E-state index is 13.5. The molecule has 0 saturated carbocycles. The largest absolute Gasteiger partial charge is 0.342 e. The van der Waals surface area contributed by atoms with Crippen molar-refractivity contribution in [2.75, 3.05) is 0 Å². The average Bonchev–Trinajstić information content (AvgIpc) is 3.53. The summed E-state index contributed by atoms with van der Waals surface area (Å²) in [6.07, 6.45) is 3.68. The minimum Gasteiger partial charge on any atom is -0.342 e. The molecule has 4 aromatic rings. The Morgan fingerprint density at radius 3 is 2.76 bits per heavy atom. The van der Waals surface area contributed by atoms with Crippen molar-refractivity contribution in [1.29, 1.82) is 0 Å². The fraction of sp³-hybridized carbons (Fsp3) is 0.0417. The quantitative estimate of drug-likeness (QED) is 0.252. The van der Waals surface area contributed by atoms with Crippen LogP contribution in [0.25, 0.3) is 17.0 Å². The predicted octanol–water partition coefficient (Wildman–Crippen LogP) is 6.09. The van der Waals surface area contributed by atoms with Crippen molar-refractivity contribution in [3.05, 3.63) is 97.9 Å². The fourth-order valence-corrected chi connectivity index (χ4v) is 5.64. The third-order valence-corrected chi connectivity index (χ3v) is 7.74. The number of thiophene rings is 1. The number of rotatable bonds is 5. The maximum Gasteiger partial charge on any atom is 0.285 e. The lowest BCUT2D eigenvalue weighted by Gasteiger charge is -2.14. The number of carbonyl (C=O) groups is 2. The molecular weight excluding hydrogens is 513 g/mol. The minimum atomic E-state index is -0.390. The summed E-state index contributed by atoms with van der Waals surface area (Å²) in [5.74, 6) is -1.17. The number of thiocarbonyl (C=S) groups is 1. The van der Waals surface area contributed by atoms with E-state index >= 15 is 0 Å². The van der Waals surface area contributed by atoms with Crippen molar-refractivity contribution in [1.82, 2.24) is 15.0 Å². The molecule has 1 N–H and O–H groups in total. The van der Waals surface area contributed by atoms with Crippen molar-refractivity contribution in [3.8, 4) is 0 Å². The molecular formula is C24H15ClFN3O2S3. The first-order chi connectivity index (χ1) is 16.4. The van der Waals surface area contributed by atoms with Gasteiger partial charge in [-0.05, 0) is 53.5 Å². The van der Waals surface area contributed by atoms with E-state index in [2.05, 4.69) is 5.43 Å². The Balaban J connectivity index is 1.45. The number of hydrazine groups is 1. The van der Waals surface area contributed by atoms with Gasteiger partial charge in [0.2, 0.25) is 0 Å². The molecule has 0 atom stereocenters. The zero-order valence-electron chi connectivity index (χ0n) is 17.3. The van der Waals surface area contributed by atoms with E-state index in [0.29, 0.717) is 21.3 Å². The highest BCUT2D eigenvalue weighted by Gasteiger charge is 2.34. The first-order valence-electron chi connectivity index (χ1n) is 10.0. The van der Waals surface area contributed by atoms with E-state index in [0.717, 1.165) is 38.8 Å². The second kappa shape index (κ2) is 9.34. The van der Waals surface area contributed by atoms with Gasteiger partial charge in [0.1, 0.15) is 5.82 Å². The monoisotopic (exact) mass is 527 g/mol. The molecule has 2 aromatic heterocycles. The number of nitrogens with zero attached hydrogens (tertiary/aromatic N) is 2. The van der Waals surface area contributed by atoms with E-state index in [9.17, 15) is 14.0 Å². The van der Waals surface area contributed by atoms with Crippen LogP contribution >= 0.6 is 46.9 Å². The Morgan fingerprint density at radius 1 is 1.18 bits per heavy atom. The molecule has 1 saturated heterocycles.